The van der Waals surface area contributed by atoms with Crippen LogP contribution < -0.4 is 0 Å². The molecule has 0 aliphatic carbocycles. The highest BCUT2D eigenvalue weighted by Crippen LogP contribution is 2.19. The SMILES string of the molecule is CC(C)N(C=O)[C@@H]1CS(=O)(=O)C[C@H]1O. The van der Waals surface area contributed by atoms with Gasteiger partial charge < -0.3 is 10.0 Å². The smallest absolute Gasteiger partial charge is 0.210 e. The van der Waals surface area contributed by atoms with Crippen molar-refractivity contribution < 1.29 is 18.3 Å². The molecule has 82 valence electrons. The number of amides is 1. The summed E-state index contributed by atoms with van der Waals surface area (Å²) in [4.78, 5) is 12.1. The van der Waals surface area contributed by atoms with Gasteiger partial charge in [0, 0.05) is 6.04 Å². The van der Waals surface area contributed by atoms with Gasteiger partial charge in [0.15, 0.2) is 9.84 Å². The van der Waals surface area contributed by atoms with Crippen molar-refractivity contribution in [1.82, 2.24) is 4.90 Å². The van der Waals surface area contributed by atoms with Crippen LogP contribution in [-0.4, -0.2) is 54.5 Å². The maximum atomic E-state index is 11.2. The average molecular weight is 221 g/mol. The molecule has 0 unspecified atom stereocenters. The summed E-state index contributed by atoms with van der Waals surface area (Å²) in [7, 11) is -3.18. The predicted molar refractivity (Wildman–Crippen MR) is 51.5 cm³/mol. The van der Waals surface area contributed by atoms with Gasteiger partial charge in [-0.1, -0.05) is 0 Å². The second-order valence-corrected chi connectivity index (χ2v) is 6.01. The zero-order chi connectivity index (χ0) is 10.9. The van der Waals surface area contributed by atoms with E-state index in [0.717, 1.165) is 0 Å². The minimum atomic E-state index is -3.18. The van der Waals surface area contributed by atoms with E-state index in [9.17, 15) is 18.3 Å². The number of aliphatic hydroxyl groups is 1. The standard InChI is InChI=1S/C8H15NO4S/c1-6(2)9(5-10)7-3-14(12,13)4-8(7)11/h5-8,11H,3-4H2,1-2H3/t7-,8-/m1/s1. The number of aliphatic hydroxyl groups excluding tert-OH is 1. The van der Waals surface area contributed by atoms with Crippen LogP contribution in [0, 0.1) is 0 Å². The second-order valence-electron chi connectivity index (χ2n) is 3.86. The van der Waals surface area contributed by atoms with Crippen LogP contribution in [0.2, 0.25) is 0 Å². The third-order valence-corrected chi connectivity index (χ3v) is 4.09. The fourth-order valence-corrected chi connectivity index (χ4v) is 3.47. The zero-order valence-corrected chi connectivity index (χ0v) is 9.07. The number of sulfone groups is 1. The Morgan fingerprint density at radius 1 is 1.43 bits per heavy atom. The maximum absolute atomic E-state index is 11.2. The molecule has 1 aliphatic heterocycles. The molecule has 1 fully saturated rings. The van der Waals surface area contributed by atoms with Gasteiger partial charge in [-0.25, -0.2) is 8.42 Å². The molecule has 2 atom stereocenters. The van der Waals surface area contributed by atoms with Crippen molar-refractivity contribution in [2.75, 3.05) is 11.5 Å². The molecule has 0 radical (unpaired) electrons. The summed E-state index contributed by atoms with van der Waals surface area (Å²) in [5.41, 5.74) is 0. The van der Waals surface area contributed by atoms with Gasteiger partial charge in [-0.15, -0.1) is 0 Å². The Morgan fingerprint density at radius 2 is 2.00 bits per heavy atom. The van der Waals surface area contributed by atoms with Gasteiger partial charge in [0.2, 0.25) is 6.41 Å². The quantitative estimate of drug-likeness (QED) is 0.621. The van der Waals surface area contributed by atoms with Gasteiger partial charge in [-0.2, -0.15) is 0 Å². The summed E-state index contributed by atoms with van der Waals surface area (Å²) in [6.07, 6.45) is -0.355. The van der Waals surface area contributed by atoms with Gasteiger partial charge in [-0.3, -0.25) is 4.79 Å². The van der Waals surface area contributed by atoms with Crippen molar-refractivity contribution in [3.63, 3.8) is 0 Å². The lowest BCUT2D eigenvalue weighted by molar-refractivity contribution is -0.123. The highest BCUT2D eigenvalue weighted by molar-refractivity contribution is 7.91. The van der Waals surface area contributed by atoms with Gasteiger partial charge in [0.1, 0.15) is 0 Å². The van der Waals surface area contributed by atoms with Crippen LogP contribution in [-0.2, 0) is 14.6 Å². The normalized spacial score (nSPS) is 30.6. The first-order valence-electron chi connectivity index (χ1n) is 4.48. The third-order valence-electron chi connectivity index (χ3n) is 2.39. The van der Waals surface area contributed by atoms with Crippen LogP contribution in [0.25, 0.3) is 0 Å². The van der Waals surface area contributed by atoms with Crippen LogP contribution in [0.15, 0.2) is 0 Å². The molecule has 1 heterocycles. The van der Waals surface area contributed by atoms with Gasteiger partial charge in [0.25, 0.3) is 0 Å². The van der Waals surface area contributed by atoms with Crippen molar-refractivity contribution in [2.24, 2.45) is 0 Å². The van der Waals surface area contributed by atoms with Crippen molar-refractivity contribution in [3.05, 3.63) is 0 Å². The molecule has 1 aliphatic rings. The van der Waals surface area contributed by atoms with E-state index in [4.69, 9.17) is 0 Å². The van der Waals surface area contributed by atoms with E-state index >= 15 is 0 Å². The van der Waals surface area contributed by atoms with E-state index in [1.807, 2.05) is 0 Å². The Labute approximate surface area is 83.6 Å². The first kappa shape index (κ1) is 11.5. The van der Waals surface area contributed by atoms with Crippen molar-refractivity contribution in [1.29, 1.82) is 0 Å². The monoisotopic (exact) mass is 221 g/mol. The van der Waals surface area contributed by atoms with Crippen LogP contribution in [0.1, 0.15) is 13.8 Å². The molecule has 0 aromatic rings. The lowest BCUT2D eigenvalue weighted by Gasteiger charge is -2.29. The molecule has 1 saturated heterocycles. The molecule has 14 heavy (non-hydrogen) atoms. The molecule has 1 amide bonds. The van der Waals surface area contributed by atoms with Crippen LogP contribution >= 0.6 is 0 Å². The van der Waals surface area contributed by atoms with E-state index < -0.39 is 22.0 Å². The van der Waals surface area contributed by atoms with E-state index in [1.54, 1.807) is 13.8 Å². The molecular weight excluding hydrogens is 206 g/mol. The fraction of sp³-hybridized carbons (Fsp3) is 0.875. The number of nitrogens with zero attached hydrogens (tertiary/aromatic N) is 1. The number of hydrogen-bond acceptors (Lipinski definition) is 4. The molecule has 0 bridgehead atoms. The van der Waals surface area contributed by atoms with Crippen LogP contribution in [0.3, 0.4) is 0 Å². The third kappa shape index (κ3) is 2.24. The average Bonchev–Trinajstić information content (AvgIpc) is 2.26. The summed E-state index contributed by atoms with van der Waals surface area (Å²) < 4.78 is 22.4. The molecule has 0 spiro atoms. The summed E-state index contributed by atoms with van der Waals surface area (Å²) in [6.45, 7) is 3.57. The number of rotatable bonds is 3. The number of carbonyl (C=O) groups excluding carboxylic acids is 1. The lowest BCUT2D eigenvalue weighted by Crippen LogP contribution is -2.45. The number of hydrogen-bond donors (Lipinski definition) is 1. The Hall–Kier alpha value is -0.620. The Balaban J connectivity index is 2.83. The number of carbonyl (C=O) groups is 1. The maximum Gasteiger partial charge on any atom is 0.210 e. The Bertz CT molecular complexity index is 311. The minimum absolute atomic E-state index is 0.0968. The molecule has 0 aromatic heterocycles. The van der Waals surface area contributed by atoms with E-state index in [-0.39, 0.29) is 17.5 Å². The lowest BCUT2D eigenvalue weighted by atomic mass is 10.1. The molecule has 6 heteroatoms. The van der Waals surface area contributed by atoms with E-state index in [2.05, 4.69) is 0 Å². The molecule has 0 aromatic carbocycles. The second kappa shape index (κ2) is 3.86. The summed E-state index contributed by atoms with van der Waals surface area (Å²) in [6, 6.07) is -0.682. The molecule has 1 N–H and O–H groups in total. The van der Waals surface area contributed by atoms with Crippen molar-refractivity contribution >= 4 is 16.2 Å². The summed E-state index contributed by atoms with van der Waals surface area (Å²) in [5.74, 6) is -0.375. The van der Waals surface area contributed by atoms with E-state index in [0.29, 0.717) is 6.41 Å². The first-order valence-corrected chi connectivity index (χ1v) is 6.31. The largest absolute Gasteiger partial charge is 0.390 e. The van der Waals surface area contributed by atoms with Gasteiger partial charge in [-0.05, 0) is 13.8 Å². The summed E-state index contributed by atoms with van der Waals surface area (Å²) in [5, 5.41) is 9.50. The Morgan fingerprint density at radius 3 is 2.29 bits per heavy atom. The highest BCUT2D eigenvalue weighted by atomic mass is 32.2. The molecule has 1 rings (SSSR count). The minimum Gasteiger partial charge on any atom is -0.390 e. The predicted octanol–water partition coefficient (Wildman–Crippen LogP) is -0.989. The van der Waals surface area contributed by atoms with Crippen LogP contribution in [0.5, 0.6) is 0 Å². The summed E-state index contributed by atoms with van der Waals surface area (Å²) >= 11 is 0. The first-order chi connectivity index (χ1) is 6.37. The zero-order valence-electron chi connectivity index (χ0n) is 8.25. The topological polar surface area (TPSA) is 74.7 Å². The Kier molecular flexibility index (Phi) is 3.16. The highest BCUT2D eigenvalue weighted by Gasteiger charge is 2.40. The van der Waals surface area contributed by atoms with Gasteiger partial charge >= 0.3 is 0 Å². The van der Waals surface area contributed by atoms with Crippen molar-refractivity contribution in [2.45, 2.75) is 32.0 Å². The fourth-order valence-electron chi connectivity index (χ4n) is 1.68. The van der Waals surface area contributed by atoms with Crippen LogP contribution in [0.4, 0.5) is 0 Å². The molecule has 0 saturated carbocycles. The van der Waals surface area contributed by atoms with Crippen molar-refractivity contribution in [3.8, 4) is 0 Å². The van der Waals surface area contributed by atoms with Gasteiger partial charge in [0.05, 0.1) is 23.7 Å². The molecule has 5 nitrogen and oxygen atoms in total. The molecular formula is C8H15NO4S. The van der Waals surface area contributed by atoms with E-state index in [1.165, 1.54) is 4.90 Å².